The van der Waals surface area contributed by atoms with Crippen LogP contribution in [0.3, 0.4) is 0 Å². The quantitative estimate of drug-likeness (QED) is 0.646. The second-order valence-electron chi connectivity index (χ2n) is 4.92. The molecule has 0 aliphatic heterocycles. The molecule has 0 saturated heterocycles. The van der Waals surface area contributed by atoms with E-state index in [1.54, 1.807) is 6.08 Å². The number of carbonyl (C=O) groups excluding carboxylic acids is 1. The molecule has 1 N–H and O–H groups in total. The number of hydrogen-bond acceptors (Lipinski definition) is 2. The van der Waals surface area contributed by atoms with Gasteiger partial charge in [0.25, 0.3) is 5.91 Å². The second-order valence-corrected chi connectivity index (χ2v) is 5.84. The third kappa shape index (κ3) is 3.84. The molecule has 0 aliphatic rings. The number of anilines is 1. The minimum Gasteiger partial charge on any atom is -0.321 e. The van der Waals surface area contributed by atoms with Crippen LogP contribution in [0.1, 0.15) is 16.7 Å². The fourth-order valence-corrected chi connectivity index (χ4v) is 2.21. The maximum atomic E-state index is 12.3. The molecular weight excluding hydrogens is 340 g/mol. The monoisotopic (exact) mass is 354 g/mol. The SMILES string of the molecule is Cc1cccc(NC(=O)/C(C#N)=C/c2ccc(Br)cc2)c1C. The Morgan fingerprint density at radius 3 is 2.50 bits per heavy atom. The summed E-state index contributed by atoms with van der Waals surface area (Å²) in [7, 11) is 0. The summed E-state index contributed by atoms with van der Waals surface area (Å²) in [5.74, 6) is -0.404. The second kappa shape index (κ2) is 7.06. The predicted molar refractivity (Wildman–Crippen MR) is 92.3 cm³/mol. The highest BCUT2D eigenvalue weighted by atomic mass is 79.9. The Morgan fingerprint density at radius 1 is 1.18 bits per heavy atom. The van der Waals surface area contributed by atoms with E-state index in [1.165, 1.54) is 0 Å². The van der Waals surface area contributed by atoms with Crippen molar-refractivity contribution in [2.24, 2.45) is 0 Å². The molecule has 3 nitrogen and oxygen atoms in total. The number of rotatable bonds is 3. The minimum absolute atomic E-state index is 0.0724. The molecule has 0 radical (unpaired) electrons. The third-order valence-electron chi connectivity index (χ3n) is 3.40. The maximum absolute atomic E-state index is 12.3. The van der Waals surface area contributed by atoms with Crippen molar-refractivity contribution < 1.29 is 4.79 Å². The highest BCUT2D eigenvalue weighted by Gasteiger charge is 2.11. The highest BCUT2D eigenvalue weighted by molar-refractivity contribution is 9.10. The van der Waals surface area contributed by atoms with Gasteiger partial charge in [-0.05, 0) is 54.8 Å². The number of carbonyl (C=O) groups is 1. The molecular formula is C18H15BrN2O. The van der Waals surface area contributed by atoms with Gasteiger partial charge in [0.05, 0.1) is 0 Å². The van der Waals surface area contributed by atoms with E-state index in [0.29, 0.717) is 0 Å². The van der Waals surface area contributed by atoms with Crippen LogP contribution in [0.2, 0.25) is 0 Å². The molecule has 0 atom stereocenters. The summed E-state index contributed by atoms with van der Waals surface area (Å²) in [6.45, 7) is 3.92. The van der Waals surface area contributed by atoms with Crippen molar-refractivity contribution >= 4 is 33.6 Å². The smallest absolute Gasteiger partial charge is 0.266 e. The zero-order valence-corrected chi connectivity index (χ0v) is 13.9. The summed E-state index contributed by atoms with van der Waals surface area (Å²) in [4.78, 5) is 12.3. The Bertz CT molecular complexity index is 771. The molecule has 2 rings (SSSR count). The fraction of sp³-hybridized carbons (Fsp3) is 0.111. The summed E-state index contributed by atoms with van der Waals surface area (Å²) in [5.41, 5.74) is 3.69. The average molecular weight is 355 g/mol. The largest absolute Gasteiger partial charge is 0.321 e. The van der Waals surface area contributed by atoms with Gasteiger partial charge in [-0.1, -0.05) is 40.2 Å². The number of nitrogens with one attached hydrogen (secondary N) is 1. The van der Waals surface area contributed by atoms with E-state index in [-0.39, 0.29) is 5.57 Å². The van der Waals surface area contributed by atoms with Crippen LogP contribution in [0.25, 0.3) is 6.08 Å². The lowest BCUT2D eigenvalue weighted by Gasteiger charge is -2.09. The molecule has 0 unspecified atom stereocenters. The first-order valence-corrected chi connectivity index (χ1v) is 7.55. The summed E-state index contributed by atoms with van der Waals surface area (Å²) in [6.07, 6.45) is 1.58. The first-order chi connectivity index (χ1) is 10.5. The zero-order valence-electron chi connectivity index (χ0n) is 12.4. The summed E-state index contributed by atoms with van der Waals surface area (Å²) in [5, 5.41) is 12.0. The summed E-state index contributed by atoms with van der Waals surface area (Å²) < 4.78 is 0.947. The molecule has 0 aliphatic carbocycles. The Labute approximate surface area is 138 Å². The molecule has 22 heavy (non-hydrogen) atoms. The maximum Gasteiger partial charge on any atom is 0.266 e. The van der Waals surface area contributed by atoms with Crippen LogP contribution in [0, 0.1) is 25.2 Å². The van der Waals surface area contributed by atoms with Gasteiger partial charge < -0.3 is 5.32 Å². The fourth-order valence-electron chi connectivity index (χ4n) is 1.95. The molecule has 110 valence electrons. The zero-order chi connectivity index (χ0) is 16.1. The number of amides is 1. The van der Waals surface area contributed by atoms with Gasteiger partial charge in [-0.3, -0.25) is 4.79 Å². The topological polar surface area (TPSA) is 52.9 Å². The predicted octanol–water partition coefficient (Wildman–Crippen LogP) is 4.61. The van der Waals surface area contributed by atoms with Crippen LogP contribution >= 0.6 is 15.9 Å². The molecule has 0 spiro atoms. The number of benzene rings is 2. The molecule has 0 aromatic heterocycles. The normalized spacial score (nSPS) is 10.9. The Kier molecular flexibility index (Phi) is 5.13. The van der Waals surface area contributed by atoms with Crippen molar-refractivity contribution in [3.05, 3.63) is 69.2 Å². The number of nitrogens with zero attached hydrogens (tertiary/aromatic N) is 1. The Balaban J connectivity index is 2.24. The van der Waals surface area contributed by atoms with Crippen LogP contribution < -0.4 is 5.32 Å². The number of nitriles is 1. The van der Waals surface area contributed by atoms with E-state index in [9.17, 15) is 10.1 Å². The van der Waals surface area contributed by atoms with Crippen molar-refractivity contribution in [2.45, 2.75) is 13.8 Å². The van der Waals surface area contributed by atoms with Crippen molar-refractivity contribution in [2.75, 3.05) is 5.32 Å². The lowest BCUT2D eigenvalue weighted by atomic mass is 10.1. The number of aryl methyl sites for hydroxylation is 1. The van der Waals surface area contributed by atoms with Gasteiger partial charge in [0.1, 0.15) is 11.6 Å². The average Bonchev–Trinajstić information content (AvgIpc) is 2.51. The van der Waals surface area contributed by atoms with Crippen LogP contribution in [0.15, 0.2) is 52.5 Å². The van der Waals surface area contributed by atoms with Crippen LogP contribution in [0.5, 0.6) is 0 Å². The van der Waals surface area contributed by atoms with E-state index in [2.05, 4.69) is 21.2 Å². The molecule has 4 heteroatoms. The summed E-state index contributed by atoms with van der Waals surface area (Å²) in [6, 6.07) is 15.1. The van der Waals surface area contributed by atoms with Crippen LogP contribution in [-0.2, 0) is 4.79 Å². The molecule has 0 fully saturated rings. The van der Waals surface area contributed by atoms with E-state index in [1.807, 2.05) is 62.4 Å². The molecule has 1 amide bonds. The van der Waals surface area contributed by atoms with E-state index >= 15 is 0 Å². The van der Waals surface area contributed by atoms with Gasteiger partial charge in [-0.15, -0.1) is 0 Å². The molecule has 0 heterocycles. The van der Waals surface area contributed by atoms with Gasteiger partial charge in [0, 0.05) is 10.2 Å². The van der Waals surface area contributed by atoms with E-state index < -0.39 is 5.91 Å². The van der Waals surface area contributed by atoms with Gasteiger partial charge in [-0.2, -0.15) is 5.26 Å². The number of hydrogen-bond donors (Lipinski definition) is 1. The first kappa shape index (κ1) is 16.0. The standard InChI is InChI=1S/C18H15BrN2O/c1-12-4-3-5-17(13(12)2)21-18(22)15(11-20)10-14-6-8-16(19)9-7-14/h3-10H,1-2H3,(H,21,22)/b15-10+. The van der Waals surface area contributed by atoms with Crippen molar-refractivity contribution in [3.8, 4) is 6.07 Å². The van der Waals surface area contributed by atoms with Crippen molar-refractivity contribution in [3.63, 3.8) is 0 Å². The van der Waals surface area contributed by atoms with Crippen LogP contribution in [0.4, 0.5) is 5.69 Å². The van der Waals surface area contributed by atoms with Crippen LogP contribution in [-0.4, -0.2) is 5.91 Å². The van der Waals surface area contributed by atoms with E-state index in [0.717, 1.165) is 26.9 Å². The molecule has 0 saturated carbocycles. The highest BCUT2D eigenvalue weighted by Crippen LogP contribution is 2.19. The number of halogens is 1. The van der Waals surface area contributed by atoms with Gasteiger partial charge in [0.15, 0.2) is 0 Å². The van der Waals surface area contributed by atoms with E-state index in [4.69, 9.17) is 0 Å². The summed E-state index contributed by atoms with van der Waals surface area (Å²) >= 11 is 3.35. The minimum atomic E-state index is -0.404. The molecule has 2 aromatic carbocycles. The Morgan fingerprint density at radius 2 is 1.86 bits per heavy atom. The van der Waals surface area contributed by atoms with Gasteiger partial charge >= 0.3 is 0 Å². The molecule has 2 aromatic rings. The lowest BCUT2D eigenvalue weighted by Crippen LogP contribution is -2.14. The third-order valence-corrected chi connectivity index (χ3v) is 3.93. The van der Waals surface area contributed by atoms with Crippen molar-refractivity contribution in [1.82, 2.24) is 0 Å². The first-order valence-electron chi connectivity index (χ1n) is 6.76. The van der Waals surface area contributed by atoms with Crippen molar-refractivity contribution in [1.29, 1.82) is 5.26 Å². The Hall–Kier alpha value is -2.38. The lowest BCUT2D eigenvalue weighted by molar-refractivity contribution is -0.112. The van der Waals surface area contributed by atoms with Gasteiger partial charge in [-0.25, -0.2) is 0 Å². The van der Waals surface area contributed by atoms with Gasteiger partial charge in [0.2, 0.25) is 0 Å². The molecule has 0 bridgehead atoms.